The van der Waals surface area contributed by atoms with E-state index < -0.39 is 5.91 Å². The number of carbonyl (C=O) groups excluding carboxylic acids is 2. The fourth-order valence-electron chi connectivity index (χ4n) is 8.00. The molecule has 0 saturated carbocycles. The molecule has 2 fully saturated rings. The van der Waals surface area contributed by atoms with Crippen LogP contribution in [0, 0.1) is 12.3 Å². The Labute approximate surface area is 304 Å². The maximum absolute atomic E-state index is 14.4. The van der Waals surface area contributed by atoms with E-state index in [0.29, 0.717) is 22.4 Å². The second-order valence-corrected chi connectivity index (χ2v) is 15.1. The first kappa shape index (κ1) is 33.1. The molecule has 0 bridgehead atoms. The van der Waals surface area contributed by atoms with Crippen LogP contribution in [-0.4, -0.2) is 80.0 Å². The summed E-state index contributed by atoms with van der Waals surface area (Å²) in [5.41, 5.74) is 6.52. The molecule has 3 aromatic carbocycles. The molecule has 11 nitrogen and oxygen atoms in total. The smallest absolute Gasteiger partial charge is 0.333 e. The minimum Gasteiger partial charge on any atom is -0.370 e. The van der Waals surface area contributed by atoms with Crippen molar-refractivity contribution in [3.8, 4) is 16.9 Å². The standard InChI is InChI=1S/C39H39BrN8O3/c1-25-16-27(8-13-32(25)40)37(50)46-19-34-35(36(49)42-17-28-6-4-5-7-31(28)33-14-15-41-24-43-33)48(38(51)47(34)18-26(46)2)30-11-9-29(10-12-30)45-22-39(23-45)20-44(3)21-39/h4-16,24,26H,17-23H2,1-3H3,(H,42,49). The highest BCUT2D eigenvalue weighted by Gasteiger charge is 2.50. The molecule has 2 saturated heterocycles. The highest BCUT2D eigenvalue weighted by molar-refractivity contribution is 9.10. The lowest BCUT2D eigenvalue weighted by Gasteiger charge is -2.60. The third-order valence-corrected chi connectivity index (χ3v) is 11.4. The minimum atomic E-state index is -0.400. The number of amides is 2. The average Bonchev–Trinajstić information content (AvgIpc) is 3.40. The quantitative estimate of drug-likeness (QED) is 0.253. The lowest BCUT2D eigenvalue weighted by atomic mass is 9.73. The van der Waals surface area contributed by atoms with Crippen LogP contribution in [0.25, 0.3) is 16.9 Å². The van der Waals surface area contributed by atoms with Gasteiger partial charge in [-0.15, -0.1) is 0 Å². The Hall–Kier alpha value is -5.07. The maximum Gasteiger partial charge on any atom is 0.333 e. The molecule has 8 rings (SSSR count). The fraction of sp³-hybridized carbons (Fsp3) is 0.308. The van der Waals surface area contributed by atoms with E-state index in [1.165, 1.54) is 10.9 Å². The van der Waals surface area contributed by atoms with E-state index in [1.807, 2.05) is 80.6 Å². The molecule has 0 radical (unpaired) electrons. The van der Waals surface area contributed by atoms with Gasteiger partial charge in [-0.25, -0.2) is 14.8 Å². The third kappa shape index (κ3) is 5.95. The van der Waals surface area contributed by atoms with Crippen LogP contribution in [0.3, 0.4) is 0 Å². The third-order valence-electron chi connectivity index (χ3n) is 10.5. The average molecular weight is 748 g/mol. The zero-order valence-corrected chi connectivity index (χ0v) is 30.4. The van der Waals surface area contributed by atoms with Crippen molar-refractivity contribution >= 4 is 33.4 Å². The largest absolute Gasteiger partial charge is 0.370 e. The van der Waals surface area contributed by atoms with Crippen LogP contribution in [0.2, 0.25) is 0 Å². The van der Waals surface area contributed by atoms with Crippen molar-refractivity contribution in [3.63, 3.8) is 0 Å². The van der Waals surface area contributed by atoms with E-state index in [1.54, 1.807) is 21.7 Å². The van der Waals surface area contributed by atoms with Crippen LogP contribution in [0.4, 0.5) is 5.69 Å². The van der Waals surface area contributed by atoms with Crippen molar-refractivity contribution in [2.45, 2.75) is 39.5 Å². The van der Waals surface area contributed by atoms with E-state index in [2.05, 4.69) is 48.1 Å². The second-order valence-electron chi connectivity index (χ2n) is 14.2. The number of halogens is 1. The summed E-state index contributed by atoms with van der Waals surface area (Å²) >= 11 is 3.53. The van der Waals surface area contributed by atoms with E-state index in [4.69, 9.17) is 0 Å². The van der Waals surface area contributed by atoms with Crippen LogP contribution < -0.4 is 15.9 Å². The zero-order chi connectivity index (χ0) is 35.4. The van der Waals surface area contributed by atoms with Crippen LogP contribution in [0.15, 0.2) is 94.6 Å². The van der Waals surface area contributed by atoms with Crippen molar-refractivity contribution in [1.29, 1.82) is 0 Å². The van der Waals surface area contributed by atoms with Gasteiger partial charge >= 0.3 is 5.69 Å². The van der Waals surface area contributed by atoms with Gasteiger partial charge in [-0.3, -0.25) is 18.7 Å². The first-order valence-corrected chi connectivity index (χ1v) is 18.0. The van der Waals surface area contributed by atoms with Crippen LogP contribution in [0.1, 0.15) is 44.6 Å². The SMILES string of the molecule is Cc1cc(C(=O)N2Cc3c(C(=O)NCc4ccccc4-c4ccncn4)n(-c4ccc(N5CC6(CN(C)C6)C5)cc4)c(=O)n3CC2C)ccc1Br. The van der Waals surface area contributed by atoms with Gasteiger partial charge in [-0.05, 0) is 80.6 Å². The molecule has 1 atom stereocenters. The number of imidazole rings is 1. The second kappa shape index (κ2) is 12.9. The van der Waals surface area contributed by atoms with Crippen LogP contribution in [0.5, 0.6) is 0 Å². The van der Waals surface area contributed by atoms with Gasteiger partial charge in [0.1, 0.15) is 12.0 Å². The molecule has 3 aliphatic rings. The molecule has 1 N–H and O–H groups in total. The normalized spacial score (nSPS) is 17.8. The van der Waals surface area contributed by atoms with Crippen molar-refractivity contribution in [1.82, 2.24) is 34.2 Å². The van der Waals surface area contributed by atoms with Gasteiger partial charge < -0.3 is 20.0 Å². The number of aryl methyl sites for hydroxylation is 1. The monoisotopic (exact) mass is 746 g/mol. The summed E-state index contributed by atoms with van der Waals surface area (Å²) in [4.78, 5) is 57.5. The Morgan fingerprint density at radius 2 is 1.73 bits per heavy atom. The van der Waals surface area contributed by atoms with Crippen LogP contribution in [-0.2, 0) is 19.6 Å². The van der Waals surface area contributed by atoms with Gasteiger partial charge in [0.15, 0.2) is 0 Å². The maximum atomic E-state index is 14.4. The topological polar surface area (TPSA) is 109 Å². The number of hydrogen-bond acceptors (Lipinski definition) is 7. The van der Waals surface area contributed by atoms with Crippen molar-refractivity contribution in [3.05, 3.63) is 128 Å². The molecule has 5 aromatic rings. The fourth-order valence-corrected chi connectivity index (χ4v) is 8.24. The Morgan fingerprint density at radius 1 is 0.980 bits per heavy atom. The number of anilines is 1. The molecule has 12 heteroatoms. The number of nitrogens with one attached hydrogen (secondary N) is 1. The molecule has 51 heavy (non-hydrogen) atoms. The Balaban J connectivity index is 1.14. The van der Waals surface area contributed by atoms with Gasteiger partial charge in [0.05, 0.1) is 23.6 Å². The van der Waals surface area contributed by atoms with E-state index >= 15 is 0 Å². The number of fused-ring (bicyclic) bond motifs is 1. The van der Waals surface area contributed by atoms with Gasteiger partial charge in [0.2, 0.25) is 0 Å². The molecular formula is C39H39BrN8O3. The van der Waals surface area contributed by atoms with E-state index in [9.17, 15) is 14.4 Å². The molecule has 1 spiro atoms. The number of carbonyl (C=O) groups is 2. The van der Waals surface area contributed by atoms with Crippen molar-refractivity contribution in [2.75, 3.05) is 38.1 Å². The molecule has 3 aliphatic heterocycles. The zero-order valence-electron chi connectivity index (χ0n) is 28.8. The first-order valence-electron chi connectivity index (χ1n) is 17.2. The highest BCUT2D eigenvalue weighted by atomic mass is 79.9. The molecule has 2 aromatic heterocycles. The molecular weight excluding hydrogens is 708 g/mol. The Kier molecular flexibility index (Phi) is 8.38. The Bertz CT molecular complexity index is 2200. The lowest BCUT2D eigenvalue weighted by molar-refractivity contribution is -0.00238. The summed E-state index contributed by atoms with van der Waals surface area (Å²) < 4.78 is 4.09. The summed E-state index contributed by atoms with van der Waals surface area (Å²) in [5.74, 6) is -0.549. The molecule has 2 amide bonds. The number of nitrogens with zero attached hydrogens (tertiary/aromatic N) is 7. The van der Waals surface area contributed by atoms with Gasteiger partial charge in [-0.2, -0.15) is 0 Å². The number of hydrogen-bond donors (Lipinski definition) is 1. The van der Waals surface area contributed by atoms with Gasteiger partial charge in [-0.1, -0.05) is 40.2 Å². The van der Waals surface area contributed by atoms with Crippen LogP contribution >= 0.6 is 15.9 Å². The summed E-state index contributed by atoms with van der Waals surface area (Å²) in [5, 5.41) is 3.10. The number of aromatic nitrogens is 4. The number of rotatable bonds is 7. The lowest BCUT2D eigenvalue weighted by Crippen LogP contribution is -2.71. The number of likely N-dealkylation sites (tertiary alicyclic amines) is 1. The first-order chi connectivity index (χ1) is 24.6. The van der Waals surface area contributed by atoms with Crippen molar-refractivity contribution < 1.29 is 9.59 Å². The predicted octanol–water partition coefficient (Wildman–Crippen LogP) is 4.89. The summed E-state index contributed by atoms with van der Waals surface area (Å²) in [6, 6.07) is 22.7. The summed E-state index contributed by atoms with van der Waals surface area (Å²) in [6.07, 6.45) is 3.18. The number of benzene rings is 3. The molecule has 5 heterocycles. The van der Waals surface area contributed by atoms with Gasteiger partial charge in [0, 0.05) is 78.2 Å². The highest BCUT2D eigenvalue weighted by Crippen LogP contribution is 2.41. The molecule has 260 valence electrons. The molecule has 1 unspecified atom stereocenters. The van der Waals surface area contributed by atoms with E-state index in [0.717, 1.165) is 58.7 Å². The van der Waals surface area contributed by atoms with E-state index in [-0.39, 0.29) is 43.0 Å². The predicted molar refractivity (Wildman–Crippen MR) is 199 cm³/mol. The minimum absolute atomic E-state index is 0.111. The summed E-state index contributed by atoms with van der Waals surface area (Å²) in [7, 11) is 2.15. The summed E-state index contributed by atoms with van der Waals surface area (Å²) in [6.45, 7) is 8.74. The Morgan fingerprint density at radius 3 is 2.43 bits per heavy atom. The van der Waals surface area contributed by atoms with Gasteiger partial charge in [0.25, 0.3) is 11.8 Å². The van der Waals surface area contributed by atoms with Crippen molar-refractivity contribution in [2.24, 2.45) is 5.41 Å². The molecule has 0 aliphatic carbocycles.